The van der Waals surface area contributed by atoms with Crippen LogP contribution >= 0.6 is 0 Å². The number of sulfonamides is 1. The van der Waals surface area contributed by atoms with E-state index in [-0.39, 0.29) is 27.5 Å². The number of allylic oxidation sites excluding steroid dienone is 2. The van der Waals surface area contributed by atoms with Crippen LogP contribution in [0, 0.1) is 13.8 Å². The highest BCUT2D eigenvalue weighted by atomic mass is 32.2. The summed E-state index contributed by atoms with van der Waals surface area (Å²) in [5, 5.41) is 3.18. The Labute approximate surface area is 201 Å². The number of Topliss-reactive ketones (excluding diaryl/α,β-unsaturated/α-hetero) is 1. The number of benzene rings is 3. The predicted molar refractivity (Wildman–Crippen MR) is 137 cm³/mol. The van der Waals surface area contributed by atoms with Gasteiger partial charge in [0.2, 0.25) is 5.78 Å². The lowest BCUT2D eigenvalue weighted by Gasteiger charge is -2.20. The fourth-order valence-corrected chi connectivity index (χ4v) is 4.90. The molecule has 0 aliphatic heterocycles. The maximum absolute atomic E-state index is 13.2. The van der Waals surface area contributed by atoms with E-state index in [0.29, 0.717) is 11.1 Å². The molecule has 0 radical (unpaired) electrons. The van der Waals surface area contributed by atoms with Gasteiger partial charge in [0, 0.05) is 16.8 Å². The molecule has 0 aromatic heterocycles. The van der Waals surface area contributed by atoms with Gasteiger partial charge in [0.15, 0.2) is 0 Å². The number of hydrogen-bond acceptors (Lipinski definition) is 4. The van der Waals surface area contributed by atoms with Crippen molar-refractivity contribution in [3.8, 4) is 0 Å². The molecular weight excluding hydrogens is 444 g/mol. The standard InChI is InChI=1S/C28H28N2O3S/c1-18-10-15-24(19(2)16-18)29-26-17-25(22-8-6-7-9-23(22)27(26)31)30-34(32,33)21-13-11-20(12-14-21)28(3,4)5/h6-17,29H,1-5H3/b30-25-. The summed E-state index contributed by atoms with van der Waals surface area (Å²) in [6.07, 6.45) is 1.52. The largest absolute Gasteiger partial charge is 0.352 e. The number of aryl methyl sites for hydroxylation is 2. The van der Waals surface area contributed by atoms with E-state index in [1.54, 1.807) is 36.4 Å². The van der Waals surface area contributed by atoms with Crippen molar-refractivity contribution in [1.82, 2.24) is 0 Å². The fourth-order valence-electron chi connectivity index (χ4n) is 3.91. The number of rotatable bonds is 4. The first kappa shape index (κ1) is 23.6. The van der Waals surface area contributed by atoms with Gasteiger partial charge >= 0.3 is 0 Å². The lowest BCUT2D eigenvalue weighted by Crippen LogP contribution is -2.23. The topological polar surface area (TPSA) is 75.6 Å². The summed E-state index contributed by atoms with van der Waals surface area (Å²) >= 11 is 0. The van der Waals surface area contributed by atoms with Gasteiger partial charge in [0.25, 0.3) is 10.0 Å². The van der Waals surface area contributed by atoms with E-state index in [9.17, 15) is 13.2 Å². The molecule has 0 spiro atoms. The molecule has 0 amide bonds. The Morgan fingerprint density at radius 1 is 0.853 bits per heavy atom. The first-order chi connectivity index (χ1) is 16.0. The molecule has 0 heterocycles. The molecule has 4 rings (SSSR count). The normalized spacial score (nSPS) is 15.1. The molecule has 6 heteroatoms. The summed E-state index contributed by atoms with van der Waals surface area (Å²) < 4.78 is 30.5. The van der Waals surface area contributed by atoms with Crippen LogP contribution in [0.3, 0.4) is 0 Å². The van der Waals surface area contributed by atoms with Crippen molar-refractivity contribution in [2.24, 2.45) is 4.40 Å². The van der Waals surface area contributed by atoms with Gasteiger partial charge in [-0.25, -0.2) is 0 Å². The van der Waals surface area contributed by atoms with Crippen LogP contribution in [0.1, 0.15) is 53.4 Å². The molecule has 3 aromatic rings. The van der Waals surface area contributed by atoms with Gasteiger partial charge < -0.3 is 5.32 Å². The maximum atomic E-state index is 13.2. The van der Waals surface area contributed by atoms with Crippen molar-refractivity contribution in [3.63, 3.8) is 0 Å². The van der Waals surface area contributed by atoms with Crippen molar-refractivity contribution in [3.05, 3.63) is 106 Å². The van der Waals surface area contributed by atoms with Crippen LogP contribution in [0.15, 0.2) is 87.8 Å². The predicted octanol–water partition coefficient (Wildman–Crippen LogP) is 5.97. The lowest BCUT2D eigenvalue weighted by molar-refractivity contribution is 0.103. The highest BCUT2D eigenvalue weighted by Gasteiger charge is 2.26. The van der Waals surface area contributed by atoms with Gasteiger partial charge in [-0.1, -0.05) is 74.9 Å². The zero-order valence-electron chi connectivity index (χ0n) is 20.0. The molecule has 1 N–H and O–H groups in total. The second-order valence-electron chi connectivity index (χ2n) is 9.60. The number of carbonyl (C=O) groups excluding carboxylic acids is 1. The maximum Gasteiger partial charge on any atom is 0.282 e. The Bertz CT molecular complexity index is 1440. The number of fused-ring (bicyclic) bond motifs is 1. The minimum atomic E-state index is -3.99. The molecule has 0 saturated carbocycles. The second-order valence-corrected chi connectivity index (χ2v) is 11.2. The molecule has 0 atom stereocenters. The summed E-state index contributed by atoms with van der Waals surface area (Å²) in [7, 11) is -3.99. The van der Waals surface area contributed by atoms with Crippen LogP contribution in [0.25, 0.3) is 0 Å². The summed E-state index contributed by atoms with van der Waals surface area (Å²) in [4.78, 5) is 13.3. The minimum absolute atomic E-state index is 0.0890. The number of nitrogens with one attached hydrogen (secondary N) is 1. The molecule has 3 aromatic carbocycles. The van der Waals surface area contributed by atoms with Crippen molar-refractivity contribution in [2.75, 3.05) is 5.32 Å². The molecule has 0 unspecified atom stereocenters. The van der Waals surface area contributed by atoms with Crippen molar-refractivity contribution in [2.45, 2.75) is 44.9 Å². The summed E-state index contributed by atoms with van der Waals surface area (Å²) in [6.45, 7) is 10.2. The van der Waals surface area contributed by atoms with E-state index < -0.39 is 10.0 Å². The van der Waals surface area contributed by atoms with Crippen molar-refractivity contribution >= 4 is 27.2 Å². The molecule has 0 saturated heterocycles. The Morgan fingerprint density at radius 2 is 1.50 bits per heavy atom. The van der Waals surface area contributed by atoms with Gasteiger partial charge in [-0.3, -0.25) is 4.79 Å². The van der Waals surface area contributed by atoms with Crippen molar-refractivity contribution < 1.29 is 13.2 Å². The average Bonchev–Trinajstić information content (AvgIpc) is 2.78. The van der Waals surface area contributed by atoms with Gasteiger partial charge in [-0.2, -0.15) is 12.8 Å². The van der Waals surface area contributed by atoms with E-state index in [1.165, 1.54) is 6.08 Å². The Kier molecular flexibility index (Phi) is 6.04. The van der Waals surface area contributed by atoms with Crippen molar-refractivity contribution in [1.29, 1.82) is 0 Å². The summed E-state index contributed by atoms with van der Waals surface area (Å²) in [5.41, 5.74) is 5.24. The third kappa shape index (κ3) is 4.73. The number of anilines is 1. The van der Waals surface area contributed by atoms with Crippen LogP contribution in [0.5, 0.6) is 0 Å². The average molecular weight is 473 g/mol. The van der Waals surface area contributed by atoms with Gasteiger partial charge in [-0.15, -0.1) is 0 Å². The fraction of sp³-hybridized carbons (Fsp3) is 0.214. The number of hydrogen-bond donors (Lipinski definition) is 1. The molecular formula is C28H28N2O3S. The molecule has 5 nitrogen and oxygen atoms in total. The third-order valence-corrected chi connectivity index (χ3v) is 7.17. The number of ketones is 1. The van der Waals surface area contributed by atoms with Crippen LogP contribution in [0.4, 0.5) is 5.69 Å². The number of carbonyl (C=O) groups is 1. The molecule has 1 aliphatic carbocycles. The quantitative estimate of drug-likeness (QED) is 0.507. The van der Waals surface area contributed by atoms with Gasteiger partial charge in [0.05, 0.1) is 16.3 Å². The Balaban J connectivity index is 1.78. The molecule has 0 bridgehead atoms. The first-order valence-electron chi connectivity index (χ1n) is 11.1. The second kappa shape index (κ2) is 8.69. The van der Waals surface area contributed by atoms with E-state index in [4.69, 9.17) is 0 Å². The highest BCUT2D eigenvalue weighted by molar-refractivity contribution is 7.90. The third-order valence-electron chi connectivity index (χ3n) is 5.86. The van der Waals surface area contributed by atoms with Crippen LogP contribution in [-0.2, 0) is 15.4 Å². The smallest absolute Gasteiger partial charge is 0.282 e. The number of nitrogens with zero attached hydrogens (tertiary/aromatic N) is 1. The van der Waals surface area contributed by atoms with E-state index in [0.717, 1.165) is 22.4 Å². The minimum Gasteiger partial charge on any atom is -0.352 e. The summed E-state index contributed by atoms with van der Waals surface area (Å²) in [6, 6.07) is 19.6. The zero-order chi connectivity index (χ0) is 24.7. The lowest BCUT2D eigenvalue weighted by atomic mass is 9.87. The van der Waals surface area contributed by atoms with E-state index in [2.05, 4.69) is 30.5 Å². The van der Waals surface area contributed by atoms with Gasteiger partial charge in [-0.05, 0) is 54.7 Å². The molecule has 174 valence electrons. The molecule has 0 fully saturated rings. The monoisotopic (exact) mass is 472 g/mol. The Hall–Kier alpha value is -3.51. The Morgan fingerprint density at radius 3 is 2.12 bits per heavy atom. The summed E-state index contributed by atoms with van der Waals surface area (Å²) in [5.74, 6) is -0.207. The highest BCUT2D eigenvalue weighted by Crippen LogP contribution is 2.28. The van der Waals surface area contributed by atoms with Crippen LogP contribution in [0.2, 0.25) is 0 Å². The molecule has 34 heavy (non-hydrogen) atoms. The van der Waals surface area contributed by atoms with E-state index >= 15 is 0 Å². The van der Waals surface area contributed by atoms with Gasteiger partial charge in [0.1, 0.15) is 0 Å². The van der Waals surface area contributed by atoms with E-state index in [1.807, 2.05) is 44.2 Å². The van der Waals surface area contributed by atoms with Crippen LogP contribution in [-0.4, -0.2) is 19.9 Å². The zero-order valence-corrected chi connectivity index (χ0v) is 20.8. The SMILES string of the molecule is Cc1ccc(NC2=C/C(=N/S(=O)(=O)c3ccc(C(C)(C)C)cc3)c3ccccc3C2=O)c(C)c1. The first-order valence-corrected chi connectivity index (χ1v) is 12.6. The molecule has 1 aliphatic rings. The van der Waals surface area contributed by atoms with Crippen LogP contribution < -0.4 is 5.32 Å².